The third-order valence-corrected chi connectivity index (χ3v) is 5.23. The van der Waals surface area contributed by atoms with Crippen LogP contribution in [0.5, 0.6) is 0 Å². The van der Waals surface area contributed by atoms with E-state index in [1.807, 2.05) is 18.2 Å². The lowest BCUT2D eigenvalue weighted by Crippen LogP contribution is -2.34. The van der Waals surface area contributed by atoms with E-state index in [0.29, 0.717) is 21.1 Å². The van der Waals surface area contributed by atoms with Crippen LogP contribution in [-0.2, 0) is 0 Å². The van der Waals surface area contributed by atoms with E-state index in [1.165, 1.54) is 12.1 Å². The van der Waals surface area contributed by atoms with E-state index in [-0.39, 0.29) is 24.6 Å². The first-order valence-corrected chi connectivity index (χ1v) is 10.3. The smallest absolute Gasteiger partial charge is 0.324 e. The lowest BCUT2D eigenvalue weighted by atomic mass is 10.1. The molecule has 0 unspecified atom stereocenters. The first-order valence-electron chi connectivity index (χ1n) is 9.48. The minimum Gasteiger partial charge on any atom is -0.350 e. The van der Waals surface area contributed by atoms with E-state index in [2.05, 4.69) is 21.3 Å². The molecule has 3 aromatic rings. The van der Waals surface area contributed by atoms with Crippen LogP contribution in [0.2, 0.25) is 0 Å². The maximum absolute atomic E-state index is 13.5. The van der Waals surface area contributed by atoms with Crippen molar-refractivity contribution in [3.8, 4) is 0 Å². The van der Waals surface area contributed by atoms with Crippen LogP contribution in [0, 0.1) is 12.7 Å². The second-order valence-electron chi connectivity index (χ2n) is 6.58. The number of anilines is 2. The number of halogens is 1. The molecule has 0 atom stereocenters. The summed E-state index contributed by atoms with van der Waals surface area (Å²) in [6.45, 7) is 2.01. The summed E-state index contributed by atoms with van der Waals surface area (Å²) in [5, 5.41) is 11.2. The SMILES string of the molecule is Cc1ccc(C(=O)NCCNC(=O)c2ccc(NC(=O)Nc3ccccc3)s2)cc1F. The normalized spacial score (nSPS) is 10.3. The number of hydrogen-bond acceptors (Lipinski definition) is 4. The zero-order valence-electron chi connectivity index (χ0n) is 16.7. The number of para-hydroxylation sites is 1. The molecule has 2 aromatic carbocycles. The Hall–Kier alpha value is -3.72. The van der Waals surface area contributed by atoms with Crippen LogP contribution < -0.4 is 21.3 Å². The summed E-state index contributed by atoms with van der Waals surface area (Å²) in [5.41, 5.74) is 1.34. The van der Waals surface area contributed by atoms with Gasteiger partial charge < -0.3 is 16.0 Å². The monoisotopic (exact) mass is 440 g/mol. The summed E-state index contributed by atoms with van der Waals surface area (Å²) in [7, 11) is 0. The van der Waals surface area contributed by atoms with Crippen molar-refractivity contribution < 1.29 is 18.8 Å². The Morgan fingerprint density at radius 1 is 0.871 bits per heavy atom. The van der Waals surface area contributed by atoms with Crippen molar-refractivity contribution in [2.75, 3.05) is 23.7 Å². The Morgan fingerprint density at radius 2 is 1.58 bits per heavy atom. The predicted molar refractivity (Wildman–Crippen MR) is 119 cm³/mol. The zero-order valence-corrected chi connectivity index (χ0v) is 17.5. The molecule has 4 amide bonds. The molecule has 0 aliphatic carbocycles. The molecule has 9 heteroatoms. The number of benzene rings is 2. The van der Waals surface area contributed by atoms with Gasteiger partial charge in [0.2, 0.25) is 0 Å². The van der Waals surface area contributed by atoms with Gasteiger partial charge in [-0.25, -0.2) is 9.18 Å². The van der Waals surface area contributed by atoms with Crippen molar-refractivity contribution in [3.63, 3.8) is 0 Å². The van der Waals surface area contributed by atoms with Crippen molar-refractivity contribution >= 4 is 39.9 Å². The maximum atomic E-state index is 13.5. The summed E-state index contributed by atoms with van der Waals surface area (Å²) in [5.74, 6) is -1.18. The van der Waals surface area contributed by atoms with Crippen LogP contribution in [0.25, 0.3) is 0 Å². The highest BCUT2D eigenvalue weighted by Crippen LogP contribution is 2.22. The Morgan fingerprint density at radius 3 is 2.29 bits per heavy atom. The van der Waals surface area contributed by atoms with E-state index in [4.69, 9.17) is 0 Å². The molecule has 0 aliphatic heterocycles. The highest BCUT2D eigenvalue weighted by atomic mass is 32.1. The van der Waals surface area contributed by atoms with Gasteiger partial charge >= 0.3 is 6.03 Å². The number of aryl methyl sites for hydroxylation is 1. The number of amides is 4. The Bertz CT molecular complexity index is 1090. The molecular formula is C22H21FN4O3S. The van der Waals surface area contributed by atoms with Crippen LogP contribution in [0.15, 0.2) is 60.7 Å². The molecule has 7 nitrogen and oxygen atoms in total. The summed E-state index contributed by atoms with van der Waals surface area (Å²) in [4.78, 5) is 36.7. The molecule has 160 valence electrons. The summed E-state index contributed by atoms with van der Waals surface area (Å²) in [6, 6.07) is 16.1. The maximum Gasteiger partial charge on any atom is 0.324 e. The van der Waals surface area contributed by atoms with E-state index < -0.39 is 17.8 Å². The van der Waals surface area contributed by atoms with Gasteiger partial charge in [0.15, 0.2) is 0 Å². The van der Waals surface area contributed by atoms with Gasteiger partial charge in [-0.05, 0) is 48.9 Å². The second-order valence-corrected chi connectivity index (χ2v) is 7.67. The molecule has 4 N–H and O–H groups in total. The number of carbonyl (C=O) groups excluding carboxylic acids is 3. The van der Waals surface area contributed by atoms with Crippen LogP contribution >= 0.6 is 11.3 Å². The quantitative estimate of drug-likeness (QED) is 0.418. The fourth-order valence-electron chi connectivity index (χ4n) is 2.60. The predicted octanol–water partition coefficient (Wildman–Crippen LogP) is 4.00. The Balaban J connectivity index is 1.41. The molecule has 0 saturated heterocycles. The highest BCUT2D eigenvalue weighted by molar-refractivity contribution is 7.18. The van der Waals surface area contributed by atoms with Crippen LogP contribution in [0.1, 0.15) is 25.6 Å². The number of rotatable bonds is 7. The molecule has 0 spiro atoms. The number of carbonyl (C=O) groups is 3. The molecule has 31 heavy (non-hydrogen) atoms. The molecule has 0 fully saturated rings. The average molecular weight is 441 g/mol. The van der Waals surface area contributed by atoms with Crippen molar-refractivity contribution in [1.82, 2.24) is 10.6 Å². The summed E-state index contributed by atoms with van der Waals surface area (Å²) < 4.78 is 13.5. The highest BCUT2D eigenvalue weighted by Gasteiger charge is 2.12. The van der Waals surface area contributed by atoms with Crippen LogP contribution in [0.3, 0.4) is 0 Å². The molecule has 1 aromatic heterocycles. The number of hydrogen-bond donors (Lipinski definition) is 4. The minimum absolute atomic E-state index is 0.191. The first-order chi connectivity index (χ1) is 14.9. The van der Waals surface area contributed by atoms with Gasteiger partial charge in [-0.3, -0.25) is 14.9 Å². The molecule has 0 saturated carbocycles. The largest absolute Gasteiger partial charge is 0.350 e. The van der Waals surface area contributed by atoms with Gasteiger partial charge in [-0.1, -0.05) is 24.3 Å². The standard InChI is InChI=1S/C22H21FN4O3S/c1-14-7-8-15(13-17(14)23)20(28)24-11-12-25-21(29)18-9-10-19(31-18)27-22(30)26-16-5-3-2-4-6-16/h2-10,13H,11-12H2,1H3,(H,24,28)(H,25,29)(H2,26,27,30). The molecule has 0 radical (unpaired) electrons. The lowest BCUT2D eigenvalue weighted by molar-refractivity contribution is 0.0929. The molecule has 1 heterocycles. The molecule has 3 rings (SSSR count). The molecule has 0 aliphatic rings. The first kappa shape index (κ1) is 22.0. The van der Waals surface area contributed by atoms with E-state index in [1.54, 1.807) is 37.3 Å². The number of urea groups is 1. The Kier molecular flexibility index (Phi) is 7.34. The van der Waals surface area contributed by atoms with Gasteiger partial charge in [0.1, 0.15) is 5.82 Å². The van der Waals surface area contributed by atoms with Gasteiger partial charge in [-0.15, -0.1) is 11.3 Å². The van der Waals surface area contributed by atoms with Crippen LogP contribution in [-0.4, -0.2) is 30.9 Å². The zero-order chi connectivity index (χ0) is 22.2. The van der Waals surface area contributed by atoms with E-state index in [0.717, 1.165) is 11.3 Å². The van der Waals surface area contributed by atoms with E-state index >= 15 is 0 Å². The average Bonchev–Trinajstić information content (AvgIpc) is 3.22. The van der Waals surface area contributed by atoms with Crippen LogP contribution in [0.4, 0.5) is 19.9 Å². The third kappa shape index (κ3) is 6.38. The van der Waals surface area contributed by atoms with Crippen molar-refractivity contribution in [1.29, 1.82) is 0 Å². The summed E-state index contributed by atoms with van der Waals surface area (Å²) >= 11 is 1.13. The number of nitrogens with one attached hydrogen (secondary N) is 4. The lowest BCUT2D eigenvalue weighted by Gasteiger charge is -2.07. The number of thiophene rings is 1. The minimum atomic E-state index is -0.444. The fourth-order valence-corrected chi connectivity index (χ4v) is 3.42. The van der Waals surface area contributed by atoms with Gasteiger partial charge in [0.05, 0.1) is 9.88 Å². The molecular weight excluding hydrogens is 419 g/mol. The second kappa shape index (κ2) is 10.4. The third-order valence-electron chi connectivity index (χ3n) is 4.23. The topological polar surface area (TPSA) is 99.3 Å². The van der Waals surface area contributed by atoms with Gasteiger partial charge in [0, 0.05) is 24.3 Å². The van der Waals surface area contributed by atoms with Gasteiger partial charge in [-0.2, -0.15) is 0 Å². The Labute approximate surface area is 182 Å². The van der Waals surface area contributed by atoms with Gasteiger partial charge in [0.25, 0.3) is 11.8 Å². The molecule has 0 bridgehead atoms. The van der Waals surface area contributed by atoms with Crippen molar-refractivity contribution in [2.45, 2.75) is 6.92 Å². The van der Waals surface area contributed by atoms with Crippen molar-refractivity contribution in [3.05, 3.63) is 82.5 Å². The van der Waals surface area contributed by atoms with Crippen molar-refractivity contribution in [2.24, 2.45) is 0 Å². The van der Waals surface area contributed by atoms with E-state index in [9.17, 15) is 18.8 Å². The fraction of sp³-hybridized carbons (Fsp3) is 0.136. The summed E-state index contributed by atoms with van der Waals surface area (Å²) in [6.07, 6.45) is 0.